The number of anilines is 1. The van der Waals surface area contributed by atoms with Crippen LogP contribution in [0.4, 0.5) is 5.82 Å². The molecule has 2 heterocycles. The summed E-state index contributed by atoms with van der Waals surface area (Å²) in [5.74, 6) is 1.54. The van der Waals surface area contributed by atoms with Crippen LogP contribution in [-0.4, -0.2) is 34.8 Å². The fraction of sp³-hybridized carbons (Fsp3) is 0.545. The first-order valence-corrected chi connectivity index (χ1v) is 10.4. The minimum absolute atomic E-state index is 0.0279. The van der Waals surface area contributed by atoms with Gasteiger partial charge in [-0.05, 0) is 56.2 Å². The van der Waals surface area contributed by atoms with Crippen LogP contribution in [0.2, 0.25) is 0 Å². The zero-order chi connectivity index (χ0) is 19.3. The Morgan fingerprint density at radius 3 is 2.93 bits per heavy atom. The van der Waals surface area contributed by atoms with E-state index >= 15 is 0 Å². The van der Waals surface area contributed by atoms with Gasteiger partial charge in [0, 0.05) is 45.1 Å². The van der Waals surface area contributed by atoms with Gasteiger partial charge in [-0.2, -0.15) is 0 Å². The Kier molecular flexibility index (Phi) is 5.95. The van der Waals surface area contributed by atoms with Crippen molar-refractivity contribution in [1.82, 2.24) is 14.9 Å². The molecule has 1 aliphatic carbocycles. The highest BCUT2D eigenvalue weighted by molar-refractivity contribution is 5.36. The normalized spacial score (nSPS) is 20.5. The van der Waals surface area contributed by atoms with E-state index in [-0.39, 0.29) is 5.56 Å². The number of piperidine rings is 1. The summed E-state index contributed by atoms with van der Waals surface area (Å²) < 4.78 is 7.72. The maximum absolute atomic E-state index is 12.4. The third-order valence-corrected chi connectivity index (χ3v) is 5.82. The van der Waals surface area contributed by atoms with Crippen molar-refractivity contribution in [3.63, 3.8) is 0 Å². The standard InChI is InChI=1S/C22H30N4O2/c1-25-13-11-23-21(22(25)27)26-12-5-7-18(16-26)24-15-17-6-4-10-20(14-17)28-19-8-2-3-9-19/h4,6,10-11,13-14,18-19,24H,2-3,5,7-9,12,15-16H2,1H3. The highest BCUT2D eigenvalue weighted by Gasteiger charge is 2.23. The molecule has 2 aliphatic rings. The Bertz CT molecular complexity index is 844. The van der Waals surface area contributed by atoms with Crippen molar-refractivity contribution in [1.29, 1.82) is 0 Å². The van der Waals surface area contributed by atoms with Crippen LogP contribution >= 0.6 is 0 Å². The van der Waals surface area contributed by atoms with Crippen LogP contribution in [0.25, 0.3) is 0 Å². The molecule has 6 heteroatoms. The monoisotopic (exact) mass is 382 g/mol. The Balaban J connectivity index is 1.34. The van der Waals surface area contributed by atoms with Crippen LogP contribution in [0.5, 0.6) is 5.75 Å². The fourth-order valence-corrected chi connectivity index (χ4v) is 4.23. The molecule has 1 aromatic carbocycles. The molecule has 4 rings (SSSR count). The molecule has 6 nitrogen and oxygen atoms in total. The molecular weight excluding hydrogens is 352 g/mol. The predicted molar refractivity (Wildman–Crippen MR) is 111 cm³/mol. The first-order chi connectivity index (χ1) is 13.7. The zero-order valence-corrected chi connectivity index (χ0v) is 16.6. The van der Waals surface area contributed by atoms with E-state index in [0.717, 1.165) is 38.2 Å². The Morgan fingerprint density at radius 2 is 2.07 bits per heavy atom. The molecule has 0 bridgehead atoms. The highest BCUT2D eigenvalue weighted by atomic mass is 16.5. The molecule has 0 radical (unpaired) electrons. The summed E-state index contributed by atoms with van der Waals surface area (Å²) in [5.41, 5.74) is 1.21. The second-order valence-electron chi connectivity index (χ2n) is 8.00. The number of nitrogens with one attached hydrogen (secondary N) is 1. The number of hydrogen-bond donors (Lipinski definition) is 1. The number of hydrogen-bond acceptors (Lipinski definition) is 5. The van der Waals surface area contributed by atoms with Gasteiger partial charge in [0.1, 0.15) is 5.75 Å². The molecule has 1 aliphatic heterocycles. The van der Waals surface area contributed by atoms with E-state index in [1.807, 2.05) is 0 Å². The zero-order valence-electron chi connectivity index (χ0n) is 16.6. The van der Waals surface area contributed by atoms with E-state index in [0.29, 0.717) is 18.0 Å². The summed E-state index contributed by atoms with van der Waals surface area (Å²) in [5, 5.41) is 3.66. The second kappa shape index (κ2) is 8.78. The van der Waals surface area contributed by atoms with Gasteiger partial charge in [0.15, 0.2) is 5.82 Å². The van der Waals surface area contributed by atoms with E-state index in [1.54, 1.807) is 24.0 Å². The van der Waals surface area contributed by atoms with Gasteiger partial charge in [0.2, 0.25) is 0 Å². The molecule has 1 saturated carbocycles. The van der Waals surface area contributed by atoms with E-state index in [4.69, 9.17) is 4.74 Å². The van der Waals surface area contributed by atoms with Gasteiger partial charge in [0.25, 0.3) is 5.56 Å². The van der Waals surface area contributed by atoms with Crippen LogP contribution in [0.3, 0.4) is 0 Å². The predicted octanol–water partition coefficient (Wildman–Crippen LogP) is 2.86. The van der Waals surface area contributed by atoms with Crippen molar-refractivity contribution in [2.75, 3.05) is 18.0 Å². The molecule has 2 fully saturated rings. The van der Waals surface area contributed by atoms with Crippen LogP contribution in [0.1, 0.15) is 44.1 Å². The summed E-state index contributed by atoms with van der Waals surface area (Å²) in [4.78, 5) is 18.8. The van der Waals surface area contributed by atoms with Gasteiger partial charge < -0.3 is 19.5 Å². The molecule has 1 unspecified atom stereocenters. The third kappa shape index (κ3) is 4.55. The van der Waals surface area contributed by atoms with Crippen LogP contribution in [0, 0.1) is 0 Å². The highest BCUT2D eigenvalue weighted by Crippen LogP contribution is 2.24. The lowest BCUT2D eigenvalue weighted by Gasteiger charge is -2.33. The van der Waals surface area contributed by atoms with Gasteiger partial charge in [-0.3, -0.25) is 4.79 Å². The molecule has 28 heavy (non-hydrogen) atoms. The lowest BCUT2D eigenvalue weighted by atomic mass is 10.1. The molecular formula is C22H30N4O2. The maximum Gasteiger partial charge on any atom is 0.293 e. The average molecular weight is 383 g/mol. The topological polar surface area (TPSA) is 59.4 Å². The van der Waals surface area contributed by atoms with Crippen molar-refractivity contribution in [2.24, 2.45) is 7.05 Å². The molecule has 0 spiro atoms. The lowest BCUT2D eigenvalue weighted by molar-refractivity contribution is 0.210. The molecule has 1 N–H and O–H groups in total. The minimum Gasteiger partial charge on any atom is -0.490 e. The van der Waals surface area contributed by atoms with Gasteiger partial charge in [-0.25, -0.2) is 4.98 Å². The number of aryl methyl sites for hydroxylation is 1. The van der Waals surface area contributed by atoms with Crippen molar-refractivity contribution >= 4 is 5.82 Å². The molecule has 1 aromatic heterocycles. The van der Waals surface area contributed by atoms with Gasteiger partial charge >= 0.3 is 0 Å². The largest absolute Gasteiger partial charge is 0.490 e. The van der Waals surface area contributed by atoms with Crippen LogP contribution < -0.4 is 20.5 Å². The quantitative estimate of drug-likeness (QED) is 0.833. The SMILES string of the molecule is Cn1ccnc(N2CCCC(NCc3cccc(OC4CCCC4)c3)C2)c1=O. The number of rotatable bonds is 6. The van der Waals surface area contributed by atoms with Crippen LogP contribution in [-0.2, 0) is 13.6 Å². The number of nitrogens with zero attached hydrogens (tertiary/aromatic N) is 3. The van der Waals surface area contributed by atoms with E-state index in [1.165, 1.54) is 31.2 Å². The molecule has 2 aromatic rings. The average Bonchev–Trinajstić information content (AvgIpc) is 3.22. The molecule has 150 valence electrons. The Hall–Kier alpha value is -2.34. The van der Waals surface area contributed by atoms with E-state index in [9.17, 15) is 4.79 Å². The summed E-state index contributed by atoms with van der Waals surface area (Å²) >= 11 is 0. The van der Waals surface area contributed by atoms with Crippen molar-refractivity contribution in [3.8, 4) is 5.75 Å². The first-order valence-electron chi connectivity index (χ1n) is 10.4. The summed E-state index contributed by atoms with van der Waals surface area (Å²) in [6.07, 6.45) is 10.9. The van der Waals surface area contributed by atoms with E-state index in [2.05, 4.69) is 39.5 Å². The summed E-state index contributed by atoms with van der Waals surface area (Å²) in [7, 11) is 1.77. The third-order valence-electron chi connectivity index (χ3n) is 5.82. The smallest absolute Gasteiger partial charge is 0.293 e. The maximum atomic E-state index is 12.4. The van der Waals surface area contributed by atoms with Gasteiger partial charge in [-0.1, -0.05) is 12.1 Å². The first kappa shape index (κ1) is 19.0. The minimum atomic E-state index is -0.0279. The van der Waals surface area contributed by atoms with Gasteiger partial charge in [-0.15, -0.1) is 0 Å². The second-order valence-corrected chi connectivity index (χ2v) is 8.00. The number of ether oxygens (including phenoxy) is 1. The van der Waals surface area contributed by atoms with Gasteiger partial charge in [0.05, 0.1) is 6.10 Å². The number of benzene rings is 1. The molecule has 1 atom stereocenters. The van der Waals surface area contributed by atoms with Crippen LogP contribution in [0.15, 0.2) is 41.5 Å². The van der Waals surface area contributed by atoms with E-state index < -0.39 is 0 Å². The Morgan fingerprint density at radius 1 is 1.21 bits per heavy atom. The number of aromatic nitrogens is 2. The van der Waals surface area contributed by atoms with Crippen molar-refractivity contribution in [3.05, 3.63) is 52.6 Å². The summed E-state index contributed by atoms with van der Waals surface area (Å²) in [6, 6.07) is 8.77. The fourth-order valence-electron chi connectivity index (χ4n) is 4.23. The Labute approximate surface area is 166 Å². The summed E-state index contributed by atoms with van der Waals surface area (Å²) in [6.45, 7) is 2.50. The van der Waals surface area contributed by atoms with Crippen molar-refractivity contribution < 1.29 is 4.74 Å². The molecule has 0 amide bonds. The lowest BCUT2D eigenvalue weighted by Crippen LogP contribution is -2.47. The van der Waals surface area contributed by atoms with Crippen molar-refractivity contribution in [2.45, 2.75) is 57.2 Å². The molecule has 1 saturated heterocycles.